The van der Waals surface area contributed by atoms with Crippen molar-refractivity contribution in [3.8, 4) is 5.75 Å². The van der Waals surface area contributed by atoms with Crippen LogP contribution in [0.4, 0.5) is 11.4 Å². The Kier molecular flexibility index (Phi) is 4.31. The fourth-order valence-corrected chi connectivity index (χ4v) is 3.48. The molecule has 0 saturated heterocycles. The summed E-state index contributed by atoms with van der Waals surface area (Å²) in [6.07, 6.45) is 0. The fourth-order valence-electron chi connectivity index (χ4n) is 2.76. The SMILES string of the molecule is Cc1ccc(C(=O)Nc2ccc(O)c3c(S(=O)(=O)O)cccc23)c(N)c1. The van der Waals surface area contributed by atoms with Gasteiger partial charge in [-0.1, -0.05) is 18.2 Å². The minimum atomic E-state index is -4.55. The van der Waals surface area contributed by atoms with Gasteiger partial charge in [-0.15, -0.1) is 0 Å². The summed E-state index contributed by atoms with van der Waals surface area (Å²) in [7, 11) is -4.55. The minimum Gasteiger partial charge on any atom is -0.507 e. The number of amides is 1. The summed E-state index contributed by atoms with van der Waals surface area (Å²) in [5.74, 6) is -0.812. The first kappa shape index (κ1) is 17.7. The molecule has 0 radical (unpaired) electrons. The van der Waals surface area contributed by atoms with Gasteiger partial charge < -0.3 is 16.2 Å². The van der Waals surface area contributed by atoms with Gasteiger partial charge in [-0.2, -0.15) is 8.42 Å². The molecular formula is C18H16N2O5S. The van der Waals surface area contributed by atoms with Crippen LogP contribution in [0, 0.1) is 6.92 Å². The molecule has 0 aliphatic rings. The number of nitrogens with one attached hydrogen (secondary N) is 1. The number of hydrogen-bond acceptors (Lipinski definition) is 5. The van der Waals surface area contributed by atoms with E-state index in [2.05, 4.69) is 5.32 Å². The molecule has 3 aromatic carbocycles. The first-order valence-electron chi connectivity index (χ1n) is 7.58. The number of fused-ring (bicyclic) bond motifs is 1. The summed E-state index contributed by atoms with van der Waals surface area (Å²) in [5.41, 5.74) is 7.64. The van der Waals surface area contributed by atoms with Crippen LogP contribution < -0.4 is 11.1 Å². The van der Waals surface area contributed by atoms with Crippen LogP contribution in [-0.4, -0.2) is 24.0 Å². The molecule has 134 valence electrons. The Morgan fingerprint density at radius 3 is 2.50 bits per heavy atom. The summed E-state index contributed by atoms with van der Waals surface area (Å²) in [4.78, 5) is 12.1. The van der Waals surface area contributed by atoms with Gasteiger partial charge in [0.25, 0.3) is 16.0 Å². The van der Waals surface area contributed by atoms with Crippen molar-refractivity contribution >= 4 is 38.2 Å². The predicted molar refractivity (Wildman–Crippen MR) is 99.0 cm³/mol. The molecule has 7 nitrogen and oxygen atoms in total. The van der Waals surface area contributed by atoms with Crippen molar-refractivity contribution < 1.29 is 22.9 Å². The van der Waals surface area contributed by atoms with Crippen LogP contribution in [0.1, 0.15) is 15.9 Å². The second kappa shape index (κ2) is 6.32. The molecular weight excluding hydrogens is 356 g/mol. The molecule has 0 aliphatic heterocycles. The quantitative estimate of drug-likeness (QED) is 0.318. The van der Waals surface area contributed by atoms with E-state index in [0.717, 1.165) is 5.56 Å². The maximum atomic E-state index is 12.5. The molecule has 1 amide bonds. The van der Waals surface area contributed by atoms with Crippen LogP contribution in [0.15, 0.2) is 53.4 Å². The molecule has 0 saturated carbocycles. The normalized spacial score (nSPS) is 11.5. The highest BCUT2D eigenvalue weighted by Crippen LogP contribution is 2.35. The van der Waals surface area contributed by atoms with E-state index in [9.17, 15) is 22.9 Å². The van der Waals surface area contributed by atoms with Crippen molar-refractivity contribution in [2.45, 2.75) is 11.8 Å². The molecule has 0 atom stereocenters. The summed E-state index contributed by atoms with van der Waals surface area (Å²) in [6, 6.07) is 11.8. The summed E-state index contributed by atoms with van der Waals surface area (Å²) < 4.78 is 32.5. The van der Waals surface area contributed by atoms with Gasteiger partial charge in [-0.05, 0) is 42.8 Å². The highest BCUT2D eigenvalue weighted by Gasteiger charge is 2.19. The highest BCUT2D eigenvalue weighted by atomic mass is 32.2. The number of phenols is 1. The topological polar surface area (TPSA) is 130 Å². The molecule has 0 unspecified atom stereocenters. The highest BCUT2D eigenvalue weighted by molar-refractivity contribution is 7.86. The third-order valence-electron chi connectivity index (χ3n) is 3.96. The Morgan fingerprint density at radius 1 is 1.12 bits per heavy atom. The van der Waals surface area contributed by atoms with E-state index in [1.807, 2.05) is 6.92 Å². The minimum absolute atomic E-state index is 0.0790. The van der Waals surface area contributed by atoms with E-state index in [1.165, 1.54) is 30.3 Å². The number of phenolic OH excluding ortho intramolecular Hbond substituents is 1. The maximum absolute atomic E-state index is 12.5. The number of aromatic hydroxyl groups is 1. The molecule has 3 rings (SSSR count). The number of nitrogens with two attached hydrogens (primary N) is 1. The lowest BCUT2D eigenvalue weighted by atomic mass is 10.1. The third-order valence-corrected chi connectivity index (χ3v) is 4.85. The Balaban J connectivity index is 2.12. The first-order valence-corrected chi connectivity index (χ1v) is 9.02. The van der Waals surface area contributed by atoms with Crippen LogP contribution in [0.3, 0.4) is 0 Å². The summed E-state index contributed by atoms with van der Waals surface area (Å²) >= 11 is 0. The van der Waals surface area contributed by atoms with Gasteiger partial charge in [0.15, 0.2) is 0 Å². The number of benzene rings is 3. The van der Waals surface area contributed by atoms with Crippen LogP contribution in [0.25, 0.3) is 10.8 Å². The van der Waals surface area contributed by atoms with Crippen LogP contribution in [0.5, 0.6) is 5.75 Å². The maximum Gasteiger partial charge on any atom is 0.295 e. The van der Waals surface area contributed by atoms with Crippen molar-refractivity contribution in [2.75, 3.05) is 11.1 Å². The first-order chi connectivity index (χ1) is 12.2. The lowest BCUT2D eigenvalue weighted by Gasteiger charge is -2.13. The second-order valence-corrected chi connectivity index (χ2v) is 7.22. The molecule has 0 bridgehead atoms. The van der Waals surface area contributed by atoms with E-state index in [1.54, 1.807) is 18.2 Å². The molecule has 0 aromatic heterocycles. The van der Waals surface area contributed by atoms with Crippen LogP contribution >= 0.6 is 0 Å². The van der Waals surface area contributed by atoms with E-state index >= 15 is 0 Å². The largest absolute Gasteiger partial charge is 0.507 e. The zero-order valence-corrected chi connectivity index (χ0v) is 14.5. The Bertz CT molecular complexity index is 1140. The van der Waals surface area contributed by atoms with Crippen molar-refractivity contribution in [1.82, 2.24) is 0 Å². The van der Waals surface area contributed by atoms with Crippen molar-refractivity contribution in [1.29, 1.82) is 0 Å². The molecule has 0 aliphatic carbocycles. The van der Waals surface area contributed by atoms with Crippen molar-refractivity contribution in [3.63, 3.8) is 0 Å². The molecule has 3 aromatic rings. The van der Waals surface area contributed by atoms with E-state index in [-0.39, 0.29) is 27.8 Å². The number of nitrogen functional groups attached to an aromatic ring is 1. The summed E-state index contributed by atoms with van der Waals surface area (Å²) in [6.45, 7) is 1.85. The number of carbonyl (C=O) groups is 1. The molecule has 8 heteroatoms. The number of aryl methyl sites for hydroxylation is 1. The Morgan fingerprint density at radius 2 is 1.85 bits per heavy atom. The lowest BCUT2D eigenvalue weighted by molar-refractivity contribution is 0.102. The lowest BCUT2D eigenvalue weighted by Crippen LogP contribution is -2.14. The molecule has 26 heavy (non-hydrogen) atoms. The predicted octanol–water partition coefficient (Wildman–Crippen LogP) is 2.94. The smallest absolute Gasteiger partial charge is 0.295 e. The number of rotatable bonds is 3. The van der Waals surface area contributed by atoms with Crippen LogP contribution in [-0.2, 0) is 10.1 Å². The number of carbonyl (C=O) groups excluding carboxylic acids is 1. The fraction of sp³-hybridized carbons (Fsp3) is 0.0556. The number of hydrogen-bond donors (Lipinski definition) is 4. The van der Waals surface area contributed by atoms with Gasteiger partial charge in [0.2, 0.25) is 0 Å². The number of anilines is 2. The van der Waals surface area contributed by atoms with Crippen molar-refractivity contribution in [3.05, 3.63) is 59.7 Å². The van der Waals surface area contributed by atoms with Gasteiger partial charge in [-0.3, -0.25) is 9.35 Å². The van der Waals surface area contributed by atoms with Crippen molar-refractivity contribution in [2.24, 2.45) is 0 Å². The van der Waals surface area contributed by atoms with E-state index in [0.29, 0.717) is 5.69 Å². The molecule has 0 fully saturated rings. The monoisotopic (exact) mass is 372 g/mol. The Labute approximate surface area is 149 Å². The molecule has 0 spiro atoms. The average Bonchev–Trinajstić information content (AvgIpc) is 2.56. The second-order valence-electron chi connectivity index (χ2n) is 5.83. The van der Waals surface area contributed by atoms with Gasteiger partial charge in [0, 0.05) is 22.1 Å². The van der Waals surface area contributed by atoms with Gasteiger partial charge >= 0.3 is 0 Å². The van der Waals surface area contributed by atoms with Gasteiger partial charge in [0.05, 0.1) is 5.56 Å². The zero-order valence-electron chi connectivity index (χ0n) is 13.7. The average molecular weight is 372 g/mol. The molecule has 5 N–H and O–H groups in total. The van der Waals surface area contributed by atoms with Gasteiger partial charge in [0.1, 0.15) is 10.6 Å². The van der Waals surface area contributed by atoms with Gasteiger partial charge in [-0.25, -0.2) is 0 Å². The zero-order chi connectivity index (χ0) is 19.1. The van der Waals surface area contributed by atoms with E-state index < -0.39 is 20.9 Å². The third kappa shape index (κ3) is 3.19. The summed E-state index contributed by atoms with van der Waals surface area (Å²) in [5, 5.41) is 12.9. The standard InChI is InChI=1S/C18H16N2O5S/c1-10-5-6-11(13(19)9-10)18(22)20-14-7-8-15(21)17-12(14)3-2-4-16(17)26(23,24)25/h2-9,21H,19H2,1H3,(H,20,22)(H,23,24,25). The van der Waals surface area contributed by atoms with Crippen LogP contribution in [0.2, 0.25) is 0 Å². The molecule has 0 heterocycles. The Hall–Kier alpha value is -3.10. The van der Waals surface area contributed by atoms with E-state index in [4.69, 9.17) is 5.73 Å².